The minimum absolute atomic E-state index is 0.151. The molecule has 0 radical (unpaired) electrons. The number of ether oxygens (including phenoxy) is 2. The van der Waals surface area contributed by atoms with Gasteiger partial charge < -0.3 is 14.8 Å². The monoisotopic (exact) mass is 303 g/mol. The van der Waals surface area contributed by atoms with Crippen LogP contribution in [0.1, 0.15) is 46.0 Å². The Morgan fingerprint density at radius 3 is 2.75 bits per heavy atom. The molecule has 0 aliphatic carbocycles. The Kier molecular flexibility index (Phi) is 8.57. The molecule has 1 aliphatic rings. The van der Waals surface area contributed by atoms with Crippen molar-refractivity contribution in [2.45, 2.75) is 56.7 Å². The minimum atomic E-state index is -0.541. The molecule has 0 aromatic rings. The topological polar surface area (TPSA) is 47.6 Å². The molecule has 0 saturated carbocycles. The number of carbonyl (C=O) groups is 1. The van der Waals surface area contributed by atoms with Gasteiger partial charge in [-0.05, 0) is 51.3 Å². The van der Waals surface area contributed by atoms with E-state index in [0.29, 0.717) is 0 Å². The smallest absolute Gasteiger partial charge is 0.325 e. The highest BCUT2D eigenvalue weighted by Gasteiger charge is 2.32. The summed E-state index contributed by atoms with van der Waals surface area (Å²) >= 11 is 2.02. The molecule has 0 aromatic heterocycles. The molecule has 1 aliphatic heterocycles. The standard InChI is InChI=1S/C15H29NO3S/c1-4-9-16-15(2,14(17)18-3)8-5-12-20-13-6-10-19-11-7-13/h13,16H,4-12H2,1-3H3. The number of esters is 1. The van der Waals surface area contributed by atoms with E-state index in [1.165, 1.54) is 7.11 Å². The van der Waals surface area contributed by atoms with E-state index in [4.69, 9.17) is 9.47 Å². The lowest BCUT2D eigenvalue weighted by Crippen LogP contribution is -2.50. The number of hydrogen-bond donors (Lipinski definition) is 1. The molecule has 0 aromatic carbocycles. The molecule has 20 heavy (non-hydrogen) atoms. The van der Waals surface area contributed by atoms with Crippen molar-refractivity contribution in [1.82, 2.24) is 5.32 Å². The molecular formula is C15H29NO3S. The van der Waals surface area contributed by atoms with Crippen LogP contribution in [0.4, 0.5) is 0 Å². The van der Waals surface area contributed by atoms with Crippen LogP contribution in [0.15, 0.2) is 0 Å². The van der Waals surface area contributed by atoms with Crippen molar-refractivity contribution >= 4 is 17.7 Å². The molecule has 118 valence electrons. The van der Waals surface area contributed by atoms with Gasteiger partial charge in [0, 0.05) is 18.5 Å². The van der Waals surface area contributed by atoms with Crippen LogP contribution in [0.3, 0.4) is 0 Å². The first-order chi connectivity index (χ1) is 9.62. The summed E-state index contributed by atoms with van der Waals surface area (Å²) in [4.78, 5) is 11.9. The average molecular weight is 303 g/mol. The van der Waals surface area contributed by atoms with Gasteiger partial charge in [-0.1, -0.05) is 6.92 Å². The van der Waals surface area contributed by atoms with E-state index in [9.17, 15) is 4.79 Å². The number of methoxy groups -OCH3 is 1. The SMILES string of the molecule is CCCNC(C)(CCCSC1CCOCC1)C(=O)OC. The number of carbonyl (C=O) groups excluding carboxylic acids is 1. The molecule has 0 spiro atoms. The summed E-state index contributed by atoms with van der Waals surface area (Å²) in [7, 11) is 1.46. The molecule has 5 heteroatoms. The lowest BCUT2D eigenvalue weighted by atomic mass is 9.96. The Morgan fingerprint density at radius 2 is 2.15 bits per heavy atom. The lowest BCUT2D eigenvalue weighted by Gasteiger charge is -2.28. The summed E-state index contributed by atoms with van der Waals surface area (Å²) in [6, 6.07) is 0. The highest BCUT2D eigenvalue weighted by molar-refractivity contribution is 7.99. The molecule has 1 atom stereocenters. The Morgan fingerprint density at radius 1 is 1.45 bits per heavy atom. The summed E-state index contributed by atoms with van der Waals surface area (Å²) in [6.07, 6.45) is 5.20. The van der Waals surface area contributed by atoms with Crippen LogP contribution in [0, 0.1) is 0 Å². The zero-order valence-corrected chi connectivity index (χ0v) is 13.9. The summed E-state index contributed by atoms with van der Waals surface area (Å²) in [6.45, 7) is 6.70. The van der Waals surface area contributed by atoms with Gasteiger partial charge in [-0.25, -0.2) is 0 Å². The molecule has 1 rings (SSSR count). The van der Waals surface area contributed by atoms with E-state index in [0.717, 1.165) is 62.9 Å². The summed E-state index contributed by atoms with van der Waals surface area (Å²) in [5.74, 6) is 0.951. The largest absolute Gasteiger partial charge is 0.468 e. The van der Waals surface area contributed by atoms with Gasteiger partial charge in [0.05, 0.1) is 7.11 Å². The van der Waals surface area contributed by atoms with Crippen LogP contribution >= 0.6 is 11.8 Å². The van der Waals surface area contributed by atoms with Crippen LogP contribution in [0.2, 0.25) is 0 Å². The molecule has 1 saturated heterocycles. The first-order valence-corrected chi connectivity index (χ1v) is 8.70. The predicted molar refractivity (Wildman–Crippen MR) is 84.2 cm³/mol. The van der Waals surface area contributed by atoms with E-state index in [-0.39, 0.29) is 5.97 Å². The Hall–Kier alpha value is -0.260. The van der Waals surface area contributed by atoms with Crippen molar-refractivity contribution in [1.29, 1.82) is 0 Å². The Labute approximate surface area is 127 Å². The molecule has 0 bridgehead atoms. The van der Waals surface area contributed by atoms with E-state index in [1.54, 1.807) is 0 Å². The van der Waals surface area contributed by atoms with Gasteiger partial charge in [-0.2, -0.15) is 11.8 Å². The fourth-order valence-electron chi connectivity index (χ4n) is 2.41. The number of rotatable bonds is 9. The third-order valence-electron chi connectivity index (χ3n) is 3.74. The maximum absolute atomic E-state index is 11.9. The predicted octanol–water partition coefficient (Wildman–Crippen LogP) is 2.61. The Bertz CT molecular complexity index is 282. The summed E-state index contributed by atoms with van der Waals surface area (Å²) in [5.41, 5.74) is -0.541. The second-order valence-corrected chi connectivity index (χ2v) is 6.94. The second-order valence-electron chi connectivity index (χ2n) is 5.54. The van der Waals surface area contributed by atoms with Crippen molar-refractivity contribution < 1.29 is 14.3 Å². The van der Waals surface area contributed by atoms with Gasteiger partial charge in [0.25, 0.3) is 0 Å². The molecule has 1 unspecified atom stereocenters. The number of thioether (sulfide) groups is 1. The van der Waals surface area contributed by atoms with Crippen LogP contribution < -0.4 is 5.32 Å². The lowest BCUT2D eigenvalue weighted by molar-refractivity contribution is -0.148. The van der Waals surface area contributed by atoms with E-state index >= 15 is 0 Å². The van der Waals surface area contributed by atoms with Gasteiger partial charge in [-0.15, -0.1) is 0 Å². The fourth-order valence-corrected chi connectivity index (χ4v) is 3.58. The molecule has 1 N–H and O–H groups in total. The van der Waals surface area contributed by atoms with Crippen LogP contribution in [-0.2, 0) is 14.3 Å². The van der Waals surface area contributed by atoms with Gasteiger partial charge in [0.2, 0.25) is 0 Å². The van der Waals surface area contributed by atoms with Crippen LogP contribution in [0.25, 0.3) is 0 Å². The molecule has 0 amide bonds. The second kappa shape index (κ2) is 9.64. The van der Waals surface area contributed by atoms with Gasteiger partial charge in [-0.3, -0.25) is 4.79 Å². The zero-order valence-electron chi connectivity index (χ0n) is 13.1. The first-order valence-electron chi connectivity index (χ1n) is 7.65. The van der Waals surface area contributed by atoms with Gasteiger partial charge >= 0.3 is 5.97 Å². The van der Waals surface area contributed by atoms with Crippen molar-refractivity contribution in [3.05, 3.63) is 0 Å². The normalized spacial score (nSPS) is 19.6. The number of hydrogen-bond acceptors (Lipinski definition) is 5. The quantitative estimate of drug-likeness (QED) is 0.524. The fraction of sp³-hybridized carbons (Fsp3) is 0.933. The van der Waals surface area contributed by atoms with Crippen molar-refractivity contribution in [3.8, 4) is 0 Å². The molecule has 4 nitrogen and oxygen atoms in total. The maximum Gasteiger partial charge on any atom is 0.325 e. The van der Waals surface area contributed by atoms with Crippen LogP contribution in [0.5, 0.6) is 0 Å². The van der Waals surface area contributed by atoms with E-state index in [2.05, 4.69) is 12.2 Å². The third-order valence-corrected chi connectivity index (χ3v) is 5.21. The Balaban J connectivity index is 2.28. The van der Waals surface area contributed by atoms with E-state index < -0.39 is 5.54 Å². The summed E-state index contributed by atoms with van der Waals surface area (Å²) in [5, 5.41) is 4.06. The van der Waals surface area contributed by atoms with Crippen molar-refractivity contribution in [3.63, 3.8) is 0 Å². The molecule has 1 heterocycles. The van der Waals surface area contributed by atoms with Gasteiger partial charge in [0.1, 0.15) is 5.54 Å². The molecule has 1 fully saturated rings. The summed E-state index contributed by atoms with van der Waals surface area (Å²) < 4.78 is 10.3. The van der Waals surface area contributed by atoms with Crippen LogP contribution in [-0.4, -0.2) is 49.4 Å². The zero-order chi connectivity index (χ0) is 14.8. The molecular weight excluding hydrogens is 274 g/mol. The highest BCUT2D eigenvalue weighted by atomic mass is 32.2. The average Bonchev–Trinajstić information content (AvgIpc) is 2.49. The first kappa shape index (κ1) is 17.8. The minimum Gasteiger partial charge on any atom is -0.468 e. The number of nitrogens with one attached hydrogen (secondary N) is 1. The van der Waals surface area contributed by atoms with Crippen molar-refractivity contribution in [2.24, 2.45) is 0 Å². The highest BCUT2D eigenvalue weighted by Crippen LogP contribution is 2.24. The van der Waals surface area contributed by atoms with Gasteiger partial charge in [0.15, 0.2) is 0 Å². The third kappa shape index (κ3) is 6.02. The maximum atomic E-state index is 11.9. The van der Waals surface area contributed by atoms with Crippen molar-refractivity contribution in [2.75, 3.05) is 32.6 Å². The van der Waals surface area contributed by atoms with E-state index in [1.807, 2.05) is 18.7 Å².